The Balaban J connectivity index is 1.43. The fraction of sp³-hybridized carbons (Fsp3) is 0.318. The third kappa shape index (κ3) is 5.19. The zero-order valence-corrected chi connectivity index (χ0v) is 15.9. The first kappa shape index (κ1) is 19.6. The minimum Gasteiger partial charge on any atom is -0.453 e. The summed E-state index contributed by atoms with van der Waals surface area (Å²) >= 11 is 0. The molecule has 0 atom stereocenters. The summed E-state index contributed by atoms with van der Waals surface area (Å²) in [5.41, 5.74) is 4.81. The summed E-state index contributed by atoms with van der Waals surface area (Å²) in [5.74, 6) is -0.158. The average Bonchev–Trinajstić information content (AvgIpc) is 3.19. The van der Waals surface area contributed by atoms with Gasteiger partial charge in [-0.05, 0) is 54.2 Å². The summed E-state index contributed by atoms with van der Waals surface area (Å²) < 4.78 is 4.53. The number of anilines is 1. The minimum atomic E-state index is -0.533. The highest BCUT2D eigenvalue weighted by Crippen LogP contribution is 2.23. The van der Waals surface area contributed by atoms with E-state index in [9.17, 15) is 14.4 Å². The lowest BCUT2D eigenvalue weighted by Crippen LogP contribution is -2.23. The zero-order valence-electron chi connectivity index (χ0n) is 15.9. The Morgan fingerprint density at radius 2 is 1.71 bits per heavy atom. The van der Waals surface area contributed by atoms with Crippen molar-refractivity contribution in [1.29, 1.82) is 0 Å². The minimum absolute atomic E-state index is 0.00286. The van der Waals surface area contributed by atoms with Crippen LogP contribution in [0.25, 0.3) is 0 Å². The number of ketones is 1. The number of aryl methyl sites for hydroxylation is 2. The highest BCUT2D eigenvalue weighted by Gasteiger charge is 2.15. The van der Waals surface area contributed by atoms with Gasteiger partial charge in [0.1, 0.15) is 0 Å². The maximum atomic E-state index is 12.3. The third-order valence-electron chi connectivity index (χ3n) is 4.88. The molecule has 0 unspecified atom stereocenters. The molecule has 3 rings (SSSR count). The predicted molar refractivity (Wildman–Crippen MR) is 106 cm³/mol. The summed E-state index contributed by atoms with van der Waals surface area (Å²) in [6.07, 6.45) is 3.10. The van der Waals surface area contributed by atoms with Crippen molar-refractivity contribution in [2.75, 3.05) is 12.4 Å². The van der Waals surface area contributed by atoms with Crippen molar-refractivity contribution in [2.45, 2.75) is 38.6 Å². The largest absolute Gasteiger partial charge is 0.453 e. The van der Waals surface area contributed by atoms with E-state index in [0.717, 1.165) is 24.8 Å². The van der Waals surface area contributed by atoms with E-state index in [0.29, 0.717) is 17.8 Å². The number of nitrogens with one attached hydrogen (secondary N) is 2. The van der Waals surface area contributed by atoms with Crippen LogP contribution in [0.3, 0.4) is 0 Å². The van der Waals surface area contributed by atoms with E-state index < -0.39 is 6.09 Å². The molecule has 0 aliphatic heterocycles. The number of amides is 2. The maximum Gasteiger partial charge on any atom is 0.411 e. The second-order valence-corrected chi connectivity index (χ2v) is 6.85. The number of methoxy groups -OCH3 is 1. The van der Waals surface area contributed by atoms with Gasteiger partial charge in [0.05, 0.1) is 7.11 Å². The second-order valence-electron chi connectivity index (χ2n) is 6.85. The van der Waals surface area contributed by atoms with Crippen LogP contribution in [0, 0.1) is 0 Å². The number of hydrogen-bond acceptors (Lipinski definition) is 4. The topological polar surface area (TPSA) is 84.5 Å². The summed E-state index contributed by atoms with van der Waals surface area (Å²) in [7, 11) is 1.30. The molecule has 0 saturated carbocycles. The Kier molecular flexibility index (Phi) is 6.42. The number of hydrogen-bond donors (Lipinski definition) is 2. The molecule has 2 aromatic carbocycles. The van der Waals surface area contributed by atoms with Crippen LogP contribution in [-0.4, -0.2) is 24.9 Å². The molecule has 1 aliphatic rings. The molecule has 0 spiro atoms. The number of Topliss-reactive ketones (excluding diaryl/α,β-unsaturated/α-hetero) is 1. The number of fused-ring (bicyclic) bond motifs is 1. The molecule has 0 heterocycles. The van der Waals surface area contributed by atoms with Crippen molar-refractivity contribution in [3.05, 3.63) is 64.7 Å². The van der Waals surface area contributed by atoms with E-state index in [1.165, 1.54) is 18.2 Å². The average molecular weight is 380 g/mol. The number of benzene rings is 2. The van der Waals surface area contributed by atoms with Crippen LogP contribution in [0.15, 0.2) is 42.5 Å². The standard InChI is InChI=1S/C22H24N2O4/c1-28-22(27)24-19-9-5-15(6-10-19)14-23-21(26)12-11-20(25)18-8-7-16-3-2-4-17(16)13-18/h5-10,13H,2-4,11-12,14H2,1H3,(H,23,26)(H,24,27). The molecule has 6 heteroatoms. The Hall–Kier alpha value is -3.15. The van der Waals surface area contributed by atoms with Crippen LogP contribution in [0.2, 0.25) is 0 Å². The van der Waals surface area contributed by atoms with Gasteiger partial charge >= 0.3 is 6.09 Å². The molecule has 0 aromatic heterocycles. The molecule has 2 amide bonds. The van der Waals surface area contributed by atoms with Gasteiger partial charge in [-0.3, -0.25) is 14.9 Å². The Labute approximate surface area is 164 Å². The van der Waals surface area contributed by atoms with Crippen molar-refractivity contribution in [2.24, 2.45) is 0 Å². The van der Waals surface area contributed by atoms with E-state index >= 15 is 0 Å². The molecular formula is C22H24N2O4. The van der Waals surface area contributed by atoms with E-state index in [4.69, 9.17) is 0 Å². The highest BCUT2D eigenvalue weighted by atomic mass is 16.5. The fourth-order valence-electron chi connectivity index (χ4n) is 3.28. The van der Waals surface area contributed by atoms with Crippen LogP contribution >= 0.6 is 0 Å². The predicted octanol–water partition coefficient (Wildman–Crippen LogP) is 3.63. The summed E-state index contributed by atoms with van der Waals surface area (Å²) in [6.45, 7) is 0.365. The Bertz CT molecular complexity index is 875. The molecule has 2 N–H and O–H groups in total. The van der Waals surface area contributed by atoms with Gasteiger partial charge in [0.2, 0.25) is 5.91 Å². The van der Waals surface area contributed by atoms with Crippen molar-refractivity contribution in [3.8, 4) is 0 Å². The number of ether oxygens (including phenoxy) is 1. The maximum absolute atomic E-state index is 12.3. The van der Waals surface area contributed by atoms with Gasteiger partial charge < -0.3 is 10.1 Å². The van der Waals surface area contributed by atoms with Crippen molar-refractivity contribution in [3.63, 3.8) is 0 Å². The summed E-state index contributed by atoms with van der Waals surface area (Å²) in [4.78, 5) is 35.6. The van der Waals surface area contributed by atoms with Gasteiger partial charge in [-0.15, -0.1) is 0 Å². The zero-order chi connectivity index (χ0) is 19.9. The second kappa shape index (κ2) is 9.17. The number of carbonyl (C=O) groups is 3. The molecule has 0 fully saturated rings. The van der Waals surface area contributed by atoms with Gasteiger partial charge in [0.15, 0.2) is 5.78 Å². The molecule has 0 bridgehead atoms. The molecule has 6 nitrogen and oxygen atoms in total. The van der Waals surface area contributed by atoms with Crippen molar-refractivity contribution in [1.82, 2.24) is 5.32 Å². The Morgan fingerprint density at radius 3 is 2.46 bits per heavy atom. The van der Waals surface area contributed by atoms with Crippen LogP contribution in [0.4, 0.5) is 10.5 Å². The Morgan fingerprint density at radius 1 is 0.964 bits per heavy atom. The van der Waals surface area contributed by atoms with Crippen molar-refractivity contribution < 1.29 is 19.1 Å². The van der Waals surface area contributed by atoms with Gasteiger partial charge in [0, 0.05) is 30.6 Å². The third-order valence-corrected chi connectivity index (χ3v) is 4.88. The first-order valence-electron chi connectivity index (χ1n) is 9.41. The normalized spacial score (nSPS) is 12.2. The lowest BCUT2D eigenvalue weighted by molar-refractivity contribution is -0.121. The first-order valence-corrected chi connectivity index (χ1v) is 9.41. The monoisotopic (exact) mass is 380 g/mol. The fourth-order valence-corrected chi connectivity index (χ4v) is 3.28. The van der Waals surface area contributed by atoms with Crippen LogP contribution in [0.5, 0.6) is 0 Å². The summed E-state index contributed by atoms with van der Waals surface area (Å²) in [5, 5.41) is 5.38. The van der Waals surface area contributed by atoms with Crippen molar-refractivity contribution >= 4 is 23.5 Å². The molecule has 146 valence electrons. The first-order chi connectivity index (χ1) is 13.5. The molecule has 1 aliphatic carbocycles. The molecule has 0 saturated heterocycles. The molecule has 2 aromatic rings. The molecule has 28 heavy (non-hydrogen) atoms. The summed E-state index contributed by atoms with van der Waals surface area (Å²) in [6, 6.07) is 13.0. The smallest absolute Gasteiger partial charge is 0.411 e. The molecule has 0 radical (unpaired) electrons. The quantitative estimate of drug-likeness (QED) is 0.719. The van der Waals surface area contributed by atoms with Gasteiger partial charge in [-0.25, -0.2) is 4.79 Å². The number of rotatable bonds is 7. The van der Waals surface area contributed by atoms with E-state index in [2.05, 4.69) is 15.4 Å². The van der Waals surface area contributed by atoms with E-state index in [1.54, 1.807) is 24.3 Å². The van der Waals surface area contributed by atoms with Crippen LogP contribution < -0.4 is 10.6 Å². The van der Waals surface area contributed by atoms with E-state index in [-0.39, 0.29) is 24.5 Å². The van der Waals surface area contributed by atoms with E-state index in [1.807, 2.05) is 18.2 Å². The van der Waals surface area contributed by atoms with Gasteiger partial charge in [0.25, 0.3) is 0 Å². The van der Waals surface area contributed by atoms with Gasteiger partial charge in [-0.2, -0.15) is 0 Å². The number of carbonyl (C=O) groups excluding carboxylic acids is 3. The van der Waals surface area contributed by atoms with Crippen LogP contribution in [-0.2, 0) is 28.9 Å². The lowest BCUT2D eigenvalue weighted by atomic mass is 10.0. The van der Waals surface area contributed by atoms with Gasteiger partial charge in [-0.1, -0.05) is 24.3 Å². The SMILES string of the molecule is COC(=O)Nc1ccc(CNC(=O)CCC(=O)c2ccc3c(c2)CCC3)cc1. The lowest BCUT2D eigenvalue weighted by Gasteiger charge is -2.08. The highest BCUT2D eigenvalue weighted by molar-refractivity contribution is 5.98. The molecular weight excluding hydrogens is 356 g/mol. The van der Waals surface area contributed by atoms with Crippen LogP contribution in [0.1, 0.15) is 46.3 Å².